The minimum atomic E-state index is -4.70. The molecule has 6 rings (SSSR count). The number of hydrogen-bond acceptors (Lipinski definition) is 6. The molecule has 14 heteroatoms. The average molecular weight is 679 g/mol. The fourth-order valence-electron chi connectivity index (χ4n) is 5.38. The van der Waals surface area contributed by atoms with Gasteiger partial charge in [-0.25, -0.2) is 19.3 Å². The zero-order chi connectivity index (χ0) is 35.1. The van der Waals surface area contributed by atoms with Crippen LogP contribution >= 0.6 is 0 Å². The summed E-state index contributed by atoms with van der Waals surface area (Å²) in [6, 6.07) is 22.7. The van der Waals surface area contributed by atoms with Gasteiger partial charge in [0.15, 0.2) is 23.0 Å². The Balaban J connectivity index is 1.60. The molecular formula is C35H28F6N6O2. The summed E-state index contributed by atoms with van der Waals surface area (Å²) in [5.41, 5.74) is -0.729. The van der Waals surface area contributed by atoms with Crippen molar-refractivity contribution < 1.29 is 35.8 Å². The summed E-state index contributed by atoms with van der Waals surface area (Å²) in [6.07, 6.45) is -7.07. The van der Waals surface area contributed by atoms with Gasteiger partial charge in [0.05, 0.1) is 36.7 Å². The predicted octanol–water partition coefficient (Wildman–Crippen LogP) is 8.56. The molecule has 0 unspecified atom stereocenters. The average Bonchev–Trinajstić information content (AvgIpc) is 3.79. The minimum Gasteiger partial charge on any atom is -0.496 e. The van der Waals surface area contributed by atoms with E-state index in [1.165, 1.54) is 14.2 Å². The first-order chi connectivity index (χ1) is 23.2. The Kier molecular flexibility index (Phi) is 8.42. The smallest absolute Gasteiger partial charge is 0.435 e. The second kappa shape index (κ2) is 12.4. The molecule has 49 heavy (non-hydrogen) atoms. The summed E-state index contributed by atoms with van der Waals surface area (Å²) in [4.78, 5) is 9.69. The van der Waals surface area contributed by atoms with Crippen LogP contribution in [0.2, 0.25) is 0 Å². The van der Waals surface area contributed by atoms with E-state index in [0.717, 1.165) is 33.9 Å². The Labute approximate surface area is 276 Å². The van der Waals surface area contributed by atoms with Crippen molar-refractivity contribution in [2.24, 2.45) is 0 Å². The number of ether oxygens (including phenoxy) is 2. The van der Waals surface area contributed by atoms with Crippen molar-refractivity contribution in [3.8, 4) is 45.4 Å². The van der Waals surface area contributed by atoms with E-state index in [9.17, 15) is 26.3 Å². The number of aromatic nitrogens is 6. The molecule has 0 aliphatic carbocycles. The number of pyridine rings is 2. The topological polar surface area (TPSA) is 79.9 Å². The summed E-state index contributed by atoms with van der Waals surface area (Å²) in [5.74, 6) is 0.690. The van der Waals surface area contributed by atoms with Crippen molar-refractivity contribution >= 4 is 0 Å². The third-order valence-corrected chi connectivity index (χ3v) is 7.97. The first-order valence-electron chi connectivity index (χ1n) is 14.8. The highest BCUT2D eigenvalue weighted by Gasteiger charge is 2.37. The van der Waals surface area contributed by atoms with Crippen LogP contribution in [-0.4, -0.2) is 43.7 Å². The number of alkyl halides is 6. The van der Waals surface area contributed by atoms with Crippen molar-refractivity contribution in [1.29, 1.82) is 0 Å². The van der Waals surface area contributed by atoms with Gasteiger partial charge >= 0.3 is 12.4 Å². The van der Waals surface area contributed by atoms with Crippen LogP contribution in [0.25, 0.3) is 33.9 Å². The molecule has 252 valence electrons. The maximum Gasteiger partial charge on any atom is 0.435 e. The van der Waals surface area contributed by atoms with Crippen LogP contribution in [0.15, 0.2) is 97.3 Å². The molecule has 2 aromatic carbocycles. The first-order valence-corrected chi connectivity index (χ1v) is 14.8. The van der Waals surface area contributed by atoms with Gasteiger partial charge in [0, 0.05) is 29.9 Å². The molecule has 0 spiro atoms. The highest BCUT2D eigenvalue weighted by atomic mass is 19.4. The fraction of sp³-hybridized carbons (Fsp3) is 0.200. The standard InChI is InChI=1S/C35H28F6N6O2/c1-33(2,27-19-23(48-3)29(21-11-7-5-8-12-21)31(42-27)46-17-15-25(44-46)34(36,37)38)28-20-24(49-4)30(22-13-9-6-10-14-22)32(43-28)47-18-16-26(45-47)35(39,40)41/h5-20H,1-4H3. The van der Waals surface area contributed by atoms with Gasteiger partial charge in [0.25, 0.3) is 0 Å². The lowest BCUT2D eigenvalue weighted by molar-refractivity contribution is -0.142. The molecule has 0 fully saturated rings. The SMILES string of the molecule is COc1cc(C(C)(C)c2cc(OC)c(-c3ccccc3)c(-n3ccc(C(F)(F)F)n3)n2)nc(-n2ccc(C(F)(F)F)n2)c1-c1ccccc1. The second-order valence-electron chi connectivity index (χ2n) is 11.5. The van der Waals surface area contributed by atoms with Crippen LogP contribution in [0, 0.1) is 0 Å². The van der Waals surface area contributed by atoms with Crippen LogP contribution in [0.1, 0.15) is 36.6 Å². The molecule has 0 saturated carbocycles. The fourth-order valence-corrected chi connectivity index (χ4v) is 5.38. The van der Waals surface area contributed by atoms with Crippen LogP contribution in [0.4, 0.5) is 26.3 Å². The number of benzene rings is 2. The molecule has 4 aromatic heterocycles. The zero-order valence-electron chi connectivity index (χ0n) is 26.5. The van der Waals surface area contributed by atoms with E-state index < -0.39 is 29.2 Å². The van der Waals surface area contributed by atoms with Gasteiger partial charge in [-0.2, -0.15) is 36.5 Å². The lowest BCUT2D eigenvalue weighted by Crippen LogP contribution is -2.25. The molecule has 0 atom stereocenters. The summed E-state index contributed by atoms with van der Waals surface area (Å²) in [6.45, 7) is 3.53. The van der Waals surface area contributed by atoms with Gasteiger partial charge in [-0.1, -0.05) is 60.7 Å². The second-order valence-corrected chi connectivity index (χ2v) is 11.5. The van der Waals surface area contributed by atoms with Gasteiger partial charge in [0.1, 0.15) is 11.5 Å². The largest absolute Gasteiger partial charge is 0.496 e. The number of rotatable bonds is 8. The lowest BCUT2D eigenvalue weighted by Gasteiger charge is -2.28. The van der Waals surface area contributed by atoms with E-state index in [1.54, 1.807) is 86.6 Å². The molecule has 0 bridgehead atoms. The van der Waals surface area contributed by atoms with E-state index in [0.29, 0.717) is 45.1 Å². The Hall–Kier alpha value is -5.66. The van der Waals surface area contributed by atoms with Crippen molar-refractivity contribution in [3.63, 3.8) is 0 Å². The van der Waals surface area contributed by atoms with E-state index in [1.807, 2.05) is 0 Å². The first kappa shape index (κ1) is 33.2. The van der Waals surface area contributed by atoms with Gasteiger partial charge in [-0.3, -0.25) is 0 Å². The lowest BCUT2D eigenvalue weighted by atomic mass is 9.83. The zero-order valence-corrected chi connectivity index (χ0v) is 26.5. The molecule has 0 N–H and O–H groups in total. The van der Waals surface area contributed by atoms with Gasteiger partial charge < -0.3 is 9.47 Å². The Bertz CT molecular complexity index is 1960. The maximum absolute atomic E-state index is 13.6. The summed E-state index contributed by atoms with van der Waals surface area (Å²) < 4.78 is 95.5. The molecule has 0 aliphatic heterocycles. The molecule has 4 heterocycles. The van der Waals surface area contributed by atoms with Gasteiger partial charge in [-0.15, -0.1) is 0 Å². The third-order valence-electron chi connectivity index (χ3n) is 7.97. The third kappa shape index (κ3) is 6.33. The van der Waals surface area contributed by atoms with Gasteiger partial charge in [0.2, 0.25) is 0 Å². The number of methoxy groups -OCH3 is 2. The molecule has 0 radical (unpaired) electrons. The Morgan fingerprint density at radius 2 is 0.898 bits per heavy atom. The molecule has 0 aliphatic rings. The van der Waals surface area contributed by atoms with Crippen LogP contribution in [-0.2, 0) is 17.8 Å². The Morgan fingerprint density at radius 1 is 0.531 bits per heavy atom. The van der Waals surface area contributed by atoms with Gasteiger partial charge in [-0.05, 0) is 37.1 Å². The highest BCUT2D eigenvalue weighted by molar-refractivity contribution is 5.79. The van der Waals surface area contributed by atoms with Crippen molar-refractivity contribution in [2.75, 3.05) is 14.2 Å². The number of nitrogens with zero attached hydrogens (tertiary/aromatic N) is 6. The predicted molar refractivity (Wildman–Crippen MR) is 169 cm³/mol. The molecule has 0 saturated heterocycles. The van der Waals surface area contributed by atoms with Crippen molar-refractivity contribution in [2.45, 2.75) is 31.6 Å². The summed E-state index contributed by atoms with van der Waals surface area (Å²) in [5, 5.41) is 7.58. The van der Waals surface area contributed by atoms with E-state index in [4.69, 9.17) is 19.4 Å². The van der Waals surface area contributed by atoms with E-state index in [-0.39, 0.29) is 11.6 Å². The highest BCUT2D eigenvalue weighted by Crippen LogP contribution is 2.43. The number of halogens is 6. The van der Waals surface area contributed by atoms with Crippen molar-refractivity contribution in [1.82, 2.24) is 29.5 Å². The quantitative estimate of drug-likeness (QED) is 0.150. The summed E-state index contributed by atoms with van der Waals surface area (Å²) >= 11 is 0. The molecule has 0 amide bonds. The normalized spacial score (nSPS) is 12.3. The monoisotopic (exact) mass is 678 g/mol. The molecular weight excluding hydrogens is 650 g/mol. The Morgan fingerprint density at radius 3 is 1.20 bits per heavy atom. The van der Waals surface area contributed by atoms with Crippen LogP contribution < -0.4 is 9.47 Å². The summed E-state index contributed by atoms with van der Waals surface area (Å²) in [7, 11) is 2.85. The van der Waals surface area contributed by atoms with E-state index in [2.05, 4.69) is 10.2 Å². The minimum absolute atomic E-state index is 0.0547. The molecule has 8 nitrogen and oxygen atoms in total. The van der Waals surface area contributed by atoms with Crippen molar-refractivity contribution in [3.05, 3.63) is 120 Å². The van der Waals surface area contributed by atoms with E-state index >= 15 is 0 Å². The molecule has 6 aromatic rings. The number of hydrogen-bond donors (Lipinski definition) is 0. The van der Waals surface area contributed by atoms with Crippen LogP contribution in [0.5, 0.6) is 11.5 Å². The maximum atomic E-state index is 13.6. The van der Waals surface area contributed by atoms with Crippen LogP contribution in [0.3, 0.4) is 0 Å².